The van der Waals surface area contributed by atoms with Crippen molar-refractivity contribution < 1.29 is 19.4 Å². The van der Waals surface area contributed by atoms with Gasteiger partial charge in [-0.15, -0.1) is 0 Å². The van der Waals surface area contributed by atoms with Crippen molar-refractivity contribution in [1.82, 2.24) is 9.88 Å². The van der Waals surface area contributed by atoms with Gasteiger partial charge in [0.1, 0.15) is 17.7 Å². The van der Waals surface area contributed by atoms with Crippen LogP contribution in [0, 0.1) is 6.92 Å². The summed E-state index contributed by atoms with van der Waals surface area (Å²) in [4.78, 5) is 21.1. The molecule has 1 fully saturated rings. The molecule has 0 spiro atoms. The van der Waals surface area contributed by atoms with Crippen molar-refractivity contribution in [2.24, 2.45) is 0 Å². The molecule has 1 aromatic carbocycles. The Balaban J connectivity index is 0.00000112. The predicted molar refractivity (Wildman–Crippen MR) is 119 cm³/mol. The Kier molecular flexibility index (Phi) is 6.43. The number of piperidine rings is 1. The van der Waals surface area contributed by atoms with E-state index < -0.39 is 0 Å². The average molecular weight is 426 g/mol. The lowest BCUT2D eigenvalue weighted by atomic mass is 10.0. The number of carbonyl (C=O) groups excluding carboxylic acids is 1. The summed E-state index contributed by atoms with van der Waals surface area (Å²) < 4.78 is 11.9. The number of aliphatic hydroxyl groups is 1. The van der Waals surface area contributed by atoms with E-state index in [2.05, 4.69) is 23.1 Å². The number of fused-ring (bicyclic) bond motifs is 2. The molecule has 0 saturated carbocycles. The number of hydrogen-bond donors (Lipinski definition) is 1. The van der Waals surface area contributed by atoms with Gasteiger partial charge in [-0.05, 0) is 48.2 Å². The van der Waals surface area contributed by atoms with Crippen LogP contribution >= 0.6 is 0 Å². The van der Waals surface area contributed by atoms with E-state index in [0.29, 0.717) is 13.2 Å². The molecule has 0 radical (unpaired) electrons. The highest BCUT2D eigenvalue weighted by Gasteiger charge is 2.29. The number of anilines is 1. The summed E-state index contributed by atoms with van der Waals surface area (Å²) in [6.45, 7) is 5.97. The normalized spacial score (nSPS) is 18.3. The van der Waals surface area contributed by atoms with E-state index in [1.54, 1.807) is 4.90 Å². The van der Waals surface area contributed by atoms with Gasteiger partial charge in [0.05, 0.1) is 31.0 Å². The summed E-state index contributed by atoms with van der Waals surface area (Å²) >= 11 is 0. The van der Waals surface area contributed by atoms with Gasteiger partial charge in [-0.25, -0.2) is 4.98 Å². The molecule has 4 heterocycles. The van der Waals surface area contributed by atoms with Crippen LogP contribution in [0.3, 0.4) is 0 Å². The first kappa shape index (κ1) is 21.6. The molecular weight excluding hydrogens is 394 g/mol. The van der Waals surface area contributed by atoms with Gasteiger partial charge >= 0.3 is 0 Å². The van der Waals surface area contributed by atoms with E-state index in [1.165, 1.54) is 11.1 Å². The van der Waals surface area contributed by atoms with Crippen molar-refractivity contribution in [3.63, 3.8) is 0 Å². The molecule has 0 unspecified atom stereocenters. The van der Waals surface area contributed by atoms with Crippen LogP contribution in [0.2, 0.25) is 0 Å². The van der Waals surface area contributed by atoms with Crippen molar-refractivity contribution in [2.75, 3.05) is 38.8 Å². The quantitative estimate of drug-likeness (QED) is 0.815. The van der Waals surface area contributed by atoms with E-state index in [1.807, 2.05) is 20.0 Å². The maximum atomic E-state index is 12.2. The first-order valence-electron chi connectivity index (χ1n) is 10.9. The largest absolute Gasteiger partial charge is 0.490 e. The van der Waals surface area contributed by atoms with Gasteiger partial charge in [-0.2, -0.15) is 0 Å². The molecule has 7 heteroatoms. The lowest BCUT2D eigenvalue weighted by molar-refractivity contribution is 0.0816. The molecule has 2 aromatic rings. The Labute approximate surface area is 183 Å². The maximum Gasteiger partial charge on any atom is 0.255 e. The number of ether oxygens (including phenoxy) is 2. The average Bonchev–Trinajstić information content (AvgIpc) is 3.08. The molecule has 5 rings (SSSR count). The summed E-state index contributed by atoms with van der Waals surface area (Å²) in [5, 5.41) is 7.00. The van der Waals surface area contributed by atoms with Crippen LogP contribution < -0.4 is 9.64 Å². The molecule has 1 saturated heterocycles. The second-order valence-electron chi connectivity index (χ2n) is 8.32. The highest BCUT2D eigenvalue weighted by atomic mass is 16.5. The SMILES string of the molecule is CO.Cc1cc2c(nc1N1CCC(Oc3ccc4c(c3)COCC4)CC1)CN(C)C2=O. The van der Waals surface area contributed by atoms with Gasteiger partial charge in [0.15, 0.2) is 0 Å². The number of pyridine rings is 1. The summed E-state index contributed by atoms with van der Waals surface area (Å²) in [5.74, 6) is 2.03. The number of rotatable bonds is 3. The van der Waals surface area contributed by atoms with Gasteiger partial charge in [-0.1, -0.05) is 6.07 Å². The summed E-state index contributed by atoms with van der Waals surface area (Å²) in [6, 6.07) is 8.41. The van der Waals surface area contributed by atoms with Crippen LogP contribution in [0.25, 0.3) is 0 Å². The first-order chi connectivity index (χ1) is 15.1. The Morgan fingerprint density at radius 2 is 1.94 bits per heavy atom. The molecule has 0 aliphatic carbocycles. The Bertz CT molecular complexity index is 954. The molecule has 31 heavy (non-hydrogen) atoms. The number of aryl methyl sites for hydroxylation is 1. The number of aliphatic hydroxyl groups excluding tert-OH is 1. The number of hydrogen-bond acceptors (Lipinski definition) is 6. The van der Waals surface area contributed by atoms with Crippen LogP contribution in [0.4, 0.5) is 5.82 Å². The lowest BCUT2D eigenvalue weighted by Gasteiger charge is -2.34. The van der Waals surface area contributed by atoms with Crippen molar-refractivity contribution in [1.29, 1.82) is 0 Å². The lowest BCUT2D eigenvalue weighted by Crippen LogP contribution is -2.39. The van der Waals surface area contributed by atoms with E-state index in [-0.39, 0.29) is 12.0 Å². The maximum absolute atomic E-state index is 12.2. The van der Waals surface area contributed by atoms with Gasteiger partial charge in [0, 0.05) is 40.1 Å². The zero-order valence-electron chi connectivity index (χ0n) is 18.6. The molecule has 3 aliphatic heterocycles. The van der Waals surface area contributed by atoms with E-state index >= 15 is 0 Å². The third-order valence-corrected chi connectivity index (χ3v) is 6.22. The van der Waals surface area contributed by atoms with Gasteiger partial charge < -0.3 is 24.4 Å². The van der Waals surface area contributed by atoms with Crippen LogP contribution in [0.1, 0.15) is 45.6 Å². The molecule has 0 atom stereocenters. The molecule has 7 nitrogen and oxygen atoms in total. The third kappa shape index (κ3) is 4.38. The smallest absolute Gasteiger partial charge is 0.255 e. The highest BCUT2D eigenvalue weighted by Crippen LogP contribution is 2.30. The minimum atomic E-state index is 0.0738. The molecule has 166 valence electrons. The van der Waals surface area contributed by atoms with Gasteiger partial charge in [0.25, 0.3) is 5.91 Å². The fraction of sp³-hybridized carbons (Fsp3) is 0.500. The zero-order chi connectivity index (χ0) is 22.0. The van der Waals surface area contributed by atoms with Crippen LogP contribution in [-0.2, 0) is 24.3 Å². The predicted octanol–water partition coefficient (Wildman–Crippen LogP) is 2.70. The fourth-order valence-corrected chi connectivity index (χ4v) is 4.56. The Morgan fingerprint density at radius 1 is 1.16 bits per heavy atom. The second-order valence-corrected chi connectivity index (χ2v) is 8.32. The third-order valence-electron chi connectivity index (χ3n) is 6.22. The number of carbonyl (C=O) groups is 1. The van der Waals surface area contributed by atoms with Crippen molar-refractivity contribution in [3.05, 3.63) is 52.2 Å². The van der Waals surface area contributed by atoms with Crippen LogP contribution in [0.5, 0.6) is 5.75 Å². The monoisotopic (exact) mass is 425 g/mol. The Morgan fingerprint density at radius 3 is 2.71 bits per heavy atom. The molecule has 0 bridgehead atoms. The minimum absolute atomic E-state index is 0.0738. The van der Waals surface area contributed by atoms with Crippen molar-refractivity contribution in [3.8, 4) is 5.75 Å². The van der Waals surface area contributed by atoms with Crippen molar-refractivity contribution >= 4 is 11.7 Å². The highest BCUT2D eigenvalue weighted by molar-refractivity contribution is 5.98. The van der Waals surface area contributed by atoms with Gasteiger partial charge in [-0.3, -0.25) is 4.79 Å². The van der Waals surface area contributed by atoms with Gasteiger partial charge in [0.2, 0.25) is 0 Å². The second kappa shape index (κ2) is 9.24. The fourth-order valence-electron chi connectivity index (χ4n) is 4.56. The number of amides is 1. The number of benzene rings is 1. The van der Waals surface area contributed by atoms with E-state index in [4.69, 9.17) is 19.6 Å². The van der Waals surface area contributed by atoms with E-state index in [0.717, 1.165) is 74.5 Å². The molecule has 1 aromatic heterocycles. The van der Waals surface area contributed by atoms with Crippen LogP contribution in [-0.4, -0.2) is 60.9 Å². The topological polar surface area (TPSA) is 75.1 Å². The minimum Gasteiger partial charge on any atom is -0.490 e. The summed E-state index contributed by atoms with van der Waals surface area (Å²) in [5.41, 5.74) is 5.35. The summed E-state index contributed by atoms with van der Waals surface area (Å²) in [7, 11) is 2.83. The molecule has 1 amide bonds. The molecular formula is C24H31N3O4. The first-order valence-corrected chi connectivity index (χ1v) is 10.9. The standard InChI is InChI=1S/C23H27N3O3.CH4O/c1-15-11-20-21(13-25(2)23(20)27)24-22(15)26-8-5-18(6-9-26)29-19-4-3-16-7-10-28-14-17(16)12-19;1-2/h3-4,11-12,18H,5-10,13-14H2,1-2H3;2H,1H3. The van der Waals surface area contributed by atoms with Crippen LogP contribution in [0.15, 0.2) is 24.3 Å². The van der Waals surface area contributed by atoms with E-state index in [9.17, 15) is 4.79 Å². The van der Waals surface area contributed by atoms with Crippen molar-refractivity contribution in [2.45, 2.75) is 45.4 Å². The number of aromatic nitrogens is 1. The Hall–Kier alpha value is -2.64. The number of nitrogens with zero attached hydrogens (tertiary/aromatic N) is 3. The zero-order valence-corrected chi connectivity index (χ0v) is 18.6. The summed E-state index contributed by atoms with van der Waals surface area (Å²) in [6.07, 6.45) is 3.13. The molecule has 3 aliphatic rings. The molecule has 1 N–H and O–H groups in total.